The van der Waals surface area contributed by atoms with Crippen molar-refractivity contribution in [3.8, 4) is 0 Å². The van der Waals surface area contributed by atoms with Gasteiger partial charge in [-0.3, -0.25) is 9.59 Å². The summed E-state index contributed by atoms with van der Waals surface area (Å²) in [7, 11) is -3.29. The minimum Gasteiger partial charge on any atom is -0.342 e. The first kappa shape index (κ1) is 17.8. The third-order valence-electron chi connectivity index (χ3n) is 4.26. The number of sulfone groups is 1. The van der Waals surface area contributed by atoms with Gasteiger partial charge in [-0.15, -0.1) is 0 Å². The Bertz CT molecular complexity index is 936. The van der Waals surface area contributed by atoms with E-state index in [9.17, 15) is 18.0 Å². The zero-order chi connectivity index (χ0) is 18.2. The van der Waals surface area contributed by atoms with Crippen LogP contribution < -0.4 is 5.32 Å². The number of hydrogen-bond acceptors (Lipinski definition) is 6. The van der Waals surface area contributed by atoms with Gasteiger partial charge in [0.1, 0.15) is 0 Å². The van der Waals surface area contributed by atoms with Crippen molar-refractivity contribution in [2.75, 3.05) is 24.7 Å². The number of hydrogen-bond donors (Lipinski definition) is 1. The number of benzene rings is 1. The Balaban J connectivity index is 1.76. The maximum Gasteiger partial charge on any atom is 0.231 e. The Kier molecular flexibility index (Phi) is 4.79. The first-order valence-electron chi connectivity index (χ1n) is 7.91. The van der Waals surface area contributed by atoms with Gasteiger partial charge >= 0.3 is 0 Å². The van der Waals surface area contributed by atoms with Crippen LogP contribution in [0.5, 0.6) is 0 Å². The monoisotopic (exact) mass is 381 g/mol. The van der Waals surface area contributed by atoms with Gasteiger partial charge in [-0.05, 0) is 31.0 Å². The van der Waals surface area contributed by atoms with E-state index >= 15 is 0 Å². The quantitative estimate of drug-likeness (QED) is 0.876. The largest absolute Gasteiger partial charge is 0.342 e. The zero-order valence-electron chi connectivity index (χ0n) is 14.0. The van der Waals surface area contributed by atoms with E-state index in [2.05, 4.69) is 10.3 Å². The van der Waals surface area contributed by atoms with Crippen LogP contribution in [0, 0.1) is 5.92 Å². The number of carbonyl (C=O) groups excluding carboxylic acids is 2. The van der Waals surface area contributed by atoms with Crippen LogP contribution in [0.1, 0.15) is 19.8 Å². The zero-order valence-corrected chi connectivity index (χ0v) is 15.6. The second-order valence-electron chi connectivity index (χ2n) is 6.21. The third-order valence-corrected chi connectivity index (χ3v) is 6.30. The number of piperidine rings is 1. The lowest BCUT2D eigenvalue weighted by Gasteiger charge is -2.31. The van der Waals surface area contributed by atoms with E-state index < -0.39 is 9.84 Å². The van der Waals surface area contributed by atoms with E-state index in [4.69, 9.17) is 0 Å². The van der Waals surface area contributed by atoms with E-state index in [1.165, 1.54) is 24.3 Å². The minimum atomic E-state index is -3.29. The number of carbonyl (C=O) groups is 2. The molecule has 3 rings (SSSR count). The molecule has 0 spiro atoms. The standard InChI is InChI=1S/C16H19N3O4S2/c1-10(20)19-7-3-4-11(9-19)15(21)18-16-17-13-6-5-12(25(2,22)23)8-14(13)24-16/h5-6,8,11H,3-4,7,9H2,1-2H3,(H,17,18,21). The average molecular weight is 381 g/mol. The topological polar surface area (TPSA) is 96.4 Å². The van der Waals surface area contributed by atoms with Crippen molar-refractivity contribution in [3.05, 3.63) is 18.2 Å². The number of nitrogens with one attached hydrogen (secondary N) is 1. The van der Waals surface area contributed by atoms with Crippen LogP contribution in [0.3, 0.4) is 0 Å². The Hall–Kier alpha value is -2.00. The Morgan fingerprint density at radius 2 is 2.12 bits per heavy atom. The highest BCUT2D eigenvalue weighted by Crippen LogP contribution is 2.29. The molecule has 0 aliphatic carbocycles. The summed E-state index contributed by atoms with van der Waals surface area (Å²) in [5.74, 6) is -0.435. The lowest BCUT2D eigenvalue weighted by molar-refractivity contribution is -0.132. The van der Waals surface area contributed by atoms with Crippen molar-refractivity contribution in [1.29, 1.82) is 0 Å². The smallest absolute Gasteiger partial charge is 0.231 e. The SMILES string of the molecule is CC(=O)N1CCCC(C(=O)Nc2nc3ccc(S(C)(=O)=O)cc3s2)C1. The highest BCUT2D eigenvalue weighted by Gasteiger charge is 2.27. The maximum atomic E-state index is 12.5. The predicted molar refractivity (Wildman–Crippen MR) is 96.3 cm³/mol. The lowest BCUT2D eigenvalue weighted by atomic mass is 9.97. The maximum absolute atomic E-state index is 12.5. The molecule has 1 aliphatic heterocycles. The summed E-state index contributed by atoms with van der Waals surface area (Å²) in [4.78, 5) is 30.2. The summed E-state index contributed by atoms with van der Waals surface area (Å²) < 4.78 is 24.0. The van der Waals surface area contributed by atoms with Gasteiger partial charge in [0.05, 0.1) is 21.0 Å². The summed E-state index contributed by atoms with van der Waals surface area (Å²) in [6.07, 6.45) is 2.69. The molecule has 0 bridgehead atoms. The molecule has 2 aromatic rings. The molecule has 1 aromatic heterocycles. The van der Waals surface area contributed by atoms with Crippen LogP contribution >= 0.6 is 11.3 Å². The number of aromatic nitrogens is 1. The number of amides is 2. The molecule has 2 amide bonds. The number of rotatable bonds is 3. The van der Waals surface area contributed by atoms with Crippen LogP contribution in [0.2, 0.25) is 0 Å². The molecule has 134 valence electrons. The van der Waals surface area contributed by atoms with Crippen molar-refractivity contribution >= 4 is 48.3 Å². The van der Waals surface area contributed by atoms with E-state index in [1.807, 2.05) is 0 Å². The van der Waals surface area contributed by atoms with Crippen LogP contribution in [-0.2, 0) is 19.4 Å². The van der Waals surface area contributed by atoms with Crippen molar-refractivity contribution < 1.29 is 18.0 Å². The van der Waals surface area contributed by atoms with Gasteiger partial charge in [0.25, 0.3) is 0 Å². The summed E-state index contributed by atoms with van der Waals surface area (Å²) >= 11 is 1.24. The molecular formula is C16H19N3O4S2. The van der Waals surface area contributed by atoms with Crippen LogP contribution in [0.15, 0.2) is 23.1 Å². The molecule has 1 unspecified atom stereocenters. The highest BCUT2D eigenvalue weighted by atomic mass is 32.2. The van der Waals surface area contributed by atoms with Gasteiger partial charge < -0.3 is 10.2 Å². The number of nitrogens with zero attached hydrogens (tertiary/aromatic N) is 2. The minimum absolute atomic E-state index is 0.0224. The molecule has 1 aromatic carbocycles. The second kappa shape index (κ2) is 6.72. The van der Waals surface area contributed by atoms with Gasteiger partial charge in [0.15, 0.2) is 15.0 Å². The molecule has 1 aliphatic rings. The number of fused-ring (bicyclic) bond motifs is 1. The summed E-state index contributed by atoms with van der Waals surface area (Å²) in [6, 6.07) is 4.71. The second-order valence-corrected chi connectivity index (χ2v) is 9.26. The normalized spacial score (nSPS) is 18.3. The van der Waals surface area contributed by atoms with Crippen LogP contribution in [0.4, 0.5) is 5.13 Å². The summed E-state index contributed by atoms with van der Waals surface area (Å²) in [6.45, 7) is 2.62. The van der Waals surface area contributed by atoms with Gasteiger partial charge in [0, 0.05) is 26.3 Å². The number of thiazole rings is 1. The molecule has 1 atom stereocenters. The Morgan fingerprint density at radius 1 is 1.36 bits per heavy atom. The van der Waals surface area contributed by atoms with Crippen LogP contribution in [-0.4, -0.2) is 49.5 Å². The van der Waals surface area contributed by atoms with Gasteiger partial charge in [-0.1, -0.05) is 11.3 Å². The highest BCUT2D eigenvalue weighted by molar-refractivity contribution is 7.90. The molecule has 2 heterocycles. The first-order chi connectivity index (χ1) is 11.7. The number of anilines is 1. The van der Waals surface area contributed by atoms with Gasteiger partial charge in [0.2, 0.25) is 11.8 Å². The van der Waals surface area contributed by atoms with Crippen LogP contribution in [0.25, 0.3) is 10.2 Å². The predicted octanol–water partition coefficient (Wildman–Crippen LogP) is 1.90. The molecule has 0 radical (unpaired) electrons. The average Bonchev–Trinajstić information content (AvgIpc) is 2.95. The molecular weight excluding hydrogens is 362 g/mol. The molecule has 0 saturated carbocycles. The first-order valence-corrected chi connectivity index (χ1v) is 10.6. The lowest BCUT2D eigenvalue weighted by Crippen LogP contribution is -2.42. The Labute approximate surface area is 150 Å². The van der Waals surface area contributed by atoms with Crippen molar-refractivity contribution in [2.24, 2.45) is 5.92 Å². The van der Waals surface area contributed by atoms with Crippen molar-refractivity contribution in [2.45, 2.75) is 24.7 Å². The van der Waals surface area contributed by atoms with E-state index in [1.54, 1.807) is 17.0 Å². The molecule has 25 heavy (non-hydrogen) atoms. The molecule has 1 N–H and O–H groups in total. The number of likely N-dealkylation sites (tertiary alicyclic amines) is 1. The van der Waals surface area contributed by atoms with E-state index in [0.29, 0.717) is 28.4 Å². The Morgan fingerprint density at radius 3 is 2.80 bits per heavy atom. The fourth-order valence-electron chi connectivity index (χ4n) is 2.87. The van der Waals surface area contributed by atoms with Crippen molar-refractivity contribution in [1.82, 2.24) is 9.88 Å². The summed E-state index contributed by atoms with van der Waals surface area (Å²) in [5.41, 5.74) is 0.640. The molecule has 1 fully saturated rings. The fraction of sp³-hybridized carbons (Fsp3) is 0.438. The van der Waals surface area contributed by atoms with E-state index in [0.717, 1.165) is 19.1 Å². The molecule has 1 saturated heterocycles. The molecule has 7 nitrogen and oxygen atoms in total. The summed E-state index contributed by atoms with van der Waals surface area (Å²) in [5, 5.41) is 3.24. The van der Waals surface area contributed by atoms with E-state index in [-0.39, 0.29) is 22.6 Å². The van der Waals surface area contributed by atoms with Crippen molar-refractivity contribution in [3.63, 3.8) is 0 Å². The fourth-order valence-corrected chi connectivity index (χ4v) is 4.50. The third kappa shape index (κ3) is 3.98. The van der Waals surface area contributed by atoms with Gasteiger partial charge in [-0.25, -0.2) is 13.4 Å². The van der Waals surface area contributed by atoms with Gasteiger partial charge in [-0.2, -0.15) is 0 Å². The molecule has 9 heteroatoms.